The number of hydrogen-bond acceptors (Lipinski definition) is 4. The molecular weight excluding hydrogens is 406 g/mol. The van der Waals surface area contributed by atoms with Crippen molar-refractivity contribution in [2.24, 2.45) is 4.99 Å². The second kappa shape index (κ2) is 10.4. The van der Waals surface area contributed by atoms with E-state index in [0.717, 1.165) is 36.5 Å². The third-order valence-corrected chi connectivity index (χ3v) is 7.81. The van der Waals surface area contributed by atoms with E-state index in [2.05, 4.69) is 45.7 Å². The van der Waals surface area contributed by atoms with E-state index in [1.54, 1.807) is 16.1 Å². The number of para-hydroxylation sites is 1. The lowest BCUT2D eigenvalue weighted by molar-refractivity contribution is 0.444. The number of aromatic amines is 1. The van der Waals surface area contributed by atoms with Gasteiger partial charge in [-0.15, -0.1) is 0 Å². The highest BCUT2D eigenvalue weighted by atomic mass is 32.2. The standard InChI is InChI=1S/C20H31N5O2S2/c1-3-21-20(23-10-15-29(26,27)25-11-13-28-14-12-25)22-9-8-17-16(2)24-19-7-5-4-6-18(17)19/h4-7,24H,3,8-15H2,1-2H3,(H2,21,22,23). The first-order valence-electron chi connectivity index (χ1n) is 10.1. The SMILES string of the molecule is CCNC(=NCCS(=O)(=O)N1CCSCC1)NCCc1c(C)[nH]c2ccccc12. The molecule has 0 saturated carbocycles. The van der Waals surface area contributed by atoms with E-state index in [0.29, 0.717) is 19.0 Å². The van der Waals surface area contributed by atoms with Gasteiger partial charge < -0.3 is 15.6 Å². The highest BCUT2D eigenvalue weighted by Gasteiger charge is 2.23. The molecule has 1 aromatic carbocycles. The zero-order valence-corrected chi connectivity index (χ0v) is 18.8. The van der Waals surface area contributed by atoms with Crippen LogP contribution < -0.4 is 10.6 Å². The Labute approximate surface area is 177 Å². The molecule has 1 aromatic heterocycles. The van der Waals surface area contributed by atoms with Gasteiger partial charge in [0.2, 0.25) is 10.0 Å². The molecule has 2 heterocycles. The van der Waals surface area contributed by atoms with Gasteiger partial charge in [-0.05, 0) is 31.9 Å². The molecular formula is C20H31N5O2S2. The molecule has 7 nitrogen and oxygen atoms in total. The van der Waals surface area contributed by atoms with Crippen molar-refractivity contribution in [2.75, 3.05) is 50.0 Å². The van der Waals surface area contributed by atoms with Gasteiger partial charge in [0.15, 0.2) is 5.96 Å². The van der Waals surface area contributed by atoms with E-state index in [-0.39, 0.29) is 12.3 Å². The quantitative estimate of drug-likeness (QED) is 0.434. The average molecular weight is 438 g/mol. The number of thioether (sulfide) groups is 1. The Morgan fingerprint density at radius 3 is 2.76 bits per heavy atom. The monoisotopic (exact) mass is 437 g/mol. The van der Waals surface area contributed by atoms with Gasteiger partial charge in [-0.2, -0.15) is 11.8 Å². The van der Waals surface area contributed by atoms with E-state index in [9.17, 15) is 8.42 Å². The van der Waals surface area contributed by atoms with Gasteiger partial charge in [0, 0.05) is 54.3 Å². The van der Waals surface area contributed by atoms with Crippen LogP contribution in [0.2, 0.25) is 0 Å². The molecule has 1 saturated heterocycles. The minimum Gasteiger partial charge on any atom is -0.358 e. The predicted octanol–water partition coefficient (Wildman–Crippen LogP) is 1.95. The Morgan fingerprint density at radius 2 is 2.00 bits per heavy atom. The van der Waals surface area contributed by atoms with E-state index < -0.39 is 10.0 Å². The highest BCUT2D eigenvalue weighted by molar-refractivity contribution is 7.99. The summed E-state index contributed by atoms with van der Waals surface area (Å²) >= 11 is 1.80. The molecule has 29 heavy (non-hydrogen) atoms. The van der Waals surface area contributed by atoms with Crippen LogP contribution in [0.4, 0.5) is 0 Å². The third-order valence-electron chi connectivity index (χ3n) is 5.02. The van der Waals surface area contributed by atoms with Crippen molar-refractivity contribution in [3.63, 3.8) is 0 Å². The Hall–Kier alpha value is -1.71. The zero-order valence-electron chi connectivity index (χ0n) is 17.2. The van der Waals surface area contributed by atoms with Crippen LogP contribution >= 0.6 is 11.8 Å². The number of fused-ring (bicyclic) bond motifs is 1. The van der Waals surface area contributed by atoms with Gasteiger partial charge in [0.05, 0.1) is 12.3 Å². The largest absolute Gasteiger partial charge is 0.358 e. The summed E-state index contributed by atoms with van der Waals surface area (Å²) in [6.07, 6.45) is 0.865. The summed E-state index contributed by atoms with van der Waals surface area (Å²) in [4.78, 5) is 7.90. The molecule has 0 atom stereocenters. The van der Waals surface area contributed by atoms with Gasteiger partial charge in [-0.25, -0.2) is 12.7 Å². The van der Waals surface area contributed by atoms with Gasteiger partial charge in [-0.3, -0.25) is 4.99 Å². The van der Waals surface area contributed by atoms with Crippen molar-refractivity contribution in [1.29, 1.82) is 0 Å². The minimum absolute atomic E-state index is 0.0514. The number of benzene rings is 1. The van der Waals surface area contributed by atoms with Crippen LogP contribution in [-0.4, -0.2) is 73.6 Å². The van der Waals surface area contributed by atoms with Crippen molar-refractivity contribution in [3.8, 4) is 0 Å². The maximum atomic E-state index is 12.5. The molecule has 0 unspecified atom stereocenters. The maximum Gasteiger partial charge on any atom is 0.215 e. The van der Waals surface area contributed by atoms with Crippen molar-refractivity contribution in [2.45, 2.75) is 20.3 Å². The Kier molecular flexibility index (Phi) is 7.85. The van der Waals surface area contributed by atoms with Crippen LogP contribution in [0.1, 0.15) is 18.2 Å². The minimum atomic E-state index is -3.23. The van der Waals surface area contributed by atoms with E-state index in [1.807, 2.05) is 13.0 Å². The summed E-state index contributed by atoms with van der Waals surface area (Å²) in [5, 5.41) is 7.78. The van der Waals surface area contributed by atoms with Gasteiger partial charge >= 0.3 is 0 Å². The third kappa shape index (κ3) is 5.90. The number of nitrogens with one attached hydrogen (secondary N) is 3. The number of nitrogens with zero attached hydrogens (tertiary/aromatic N) is 2. The summed E-state index contributed by atoms with van der Waals surface area (Å²) in [5.41, 5.74) is 3.64. The number of aliphatic imine (C=N–C) groups is 1. The van der Waals surface area contributed by atoms with Crippen LogP contribution in [0.5, 0.6) is 0 Å². The van der Waals surface area contributed by atoms with Crippen LogP contribution in [0, 0.1) is 6.92 Å². The van der Waals surface area contributed by atoms with Crippen molar-refractivity contribution < 1.29 is 8.42 Å². The molecule has 0 amide bonds. The van der Waals surface area contributed by atoms with E-state index in [4.69, 9.17) is 0 Å². The fourth-order valence-corrected chi connectivity index (χ4v) is 5.98. The normalized spacial score (nSPS) is 16.3. The lowest BCUT2D eigenvalue weighted by Crippen LogP contribution is -2.41. The first-order chi connectivity index (χ1) is 14.0. The zero-order chi connectivity index (χ0) is 20.7. The molecule has 1 aliphatic heterocycles. The Morgan fingerprint density at radius 1 is 1.24 bits per heavy atom. The molecule has 3 N–H and O–H groups in total. The average Bonchev–Trinajstić information content (AvgIpc) is 3.04. The van der Waals surface area contributed by atoms with E-state index >= 15 is 0 Å². The van der Waals surface area contributed by atoms with Crippen molar-refractivity contribution in [1.82, 2.24) is 19.9 Å². The Balaban J connectivity index is 1.54. The summed E-state index contributed by atoms with van der Waals surface area (Å²) in [7, 11) is -3.23. The molecule has 3 rings (SSSR count). The molecule has 0 spiro atoms. The first kappa shape index (κ1) is 22.0. The predicted molar refractivity (Wildman–Crippen MR) is 123 cm³/mol. The topological polar surface area (TPSA) is 89.6 Å². The number of sulfonamides is 1. The van der Waals surface area contributed by atoms with Crippen LogP contribution in [0.3, 0.4) is 0 Å². The fraction of sp³-hybridized carbons (Fsp3) is 0.550. The number of aryl methyl sites for hydroxylation is 1. The molecule has 1 aliphatic rings. The lowest BCUT2D eigenvalue weighted by atomic mass is 10.1. The molecule has 160 valence electrons. The molecule has 1 fully saturated rings. The van der Waals surface area contributed by atoms with Gasteiger partial charge in [0.1, 0.15) is 0 Å². The van der Waals surface area contributed by atoms with Crippen molar-refractivity contribution in [3.05, 3.63) is 35.5 Å². The Bertz CT molecular complexity index is 933. The number of rotatable bonds is 8. The van der Waals surface area contributed by atoms with E-state index in [1.165, 1.54) is 16.6 Å². The smallest absolute Gasteiger partial charge is 0.215 e. The summed E-state index contributed by atoms with van der Waals surface area (Å²) in [6, 6.07) is 8.32. The second-order valence-corrected chi connectivity index (χ2v) is 10.4. The number of hydrogen-bond donors (Lipinski definition) is 3. The number of guanidine groups is 1. The van der Waals surface area contributed by atoms with Crippen molar-refractivity contribution >= 4 is 38.6 Å². The number of H-pyrrole nitrogens is 1. The molecule has 2 aromatic rings. The summed E-state index contributed by atoms with van der Waals surface area (Å²) in [6.45, 7) is 7.03. The molecule has 9 heteroatoms. The van der Waals surface area contributed by atoms with Crippen LogP contribution in [-0.2, 0) is 16.4 Å². The lowest BCUT2D eigenvalue weighted by Gasteiger charge is -2.25. The van der Waals surface area contributed by atoms with Crippen LogP contribution in [0.15, 0.2) is 29.3 Å². The molecule has 0 radical (unpaired) electrons. The summed E-state index contributed by atoms with van der Waals surface area (Å²) < 4.78 is 26.5. The number of aromatic nitrogens is 1. The second-order valence-electron chi connectivity index (χ2n) is 7.04. The first-order valence-corrected chi connectivity index (χ1v) is 12.9. The fourth-order valence-electron chi connectivity index (χ4n) is 3.53. The molecule has 0 bridgehead atoms. The highest BCUT2D eigenvalue weighted by Crippen LogP contribution is 2.21. The van der Waals surface area contributed by atoms with Gasteiger partial charge in [0.25, 0.3) is 0 Å². The molecule has 0 aliphatic carbocycles. The maximum absolute atomic E-state index is 12.5. The van der Waals surface area contributed by atoms with Gasteiger partial charge in [-0.1, -0.05) is 18.2 Å². The van der Waals surface area contributed by atoms with Crippen LogP contribution in [0.25, 0.3) is 10.9 Å². The summed E-state index contributed by atoms with van der Waals surface area (Å²) in [5.74, 6) is 2.46.